The van der Waals surface area contributed by atoms with Crippen LogP contribution in [0.5, 0.6) is 0 Å². The molecule has 15 heavy (non-hydrogen) atoms. The standard InChI is InChI=1S/C12H23NO2/c1-3-14-12(15-4-2)11(13)10-8-6-5-7-9-10/h8,11-12H,3-7,9,13H2,1-2H3. The SMILES string of the molecule is CCOC(OCC)C(N)C1=CCCCC1. The highest BCUT2D eigenvalue weighted by Gasteiger charge is 2.22. The lowest BCUT2D eigenvalue weighted by atomic mass is 9.94. The van der Waals surface area contributed by atoms with E-state index in [0.29, 0.717) is 13.2 Å². The third kappa shape index (κ3) is 3.93. The van der Waals surface area contributed by atoms with Crippen molar-refractivity contribution < 1.29 is 9.47 Å². The fraction of sp³-hybridized carbons (Fsp3) is 0.833. The summed E-state index contributed by atoms with van der Waals surface area (Å²) in [7, 11) is 0. The van der Waals surface area contributed by atoms with Crippen LogP contribution in [-0.4, -0.2) is 25.5 Å². The molecule has 1 rings (SSSR count). The van der Waals surface area contributed by atoms with Crippen molar-refractivity contribution >= 4 is 0 Å². The molecule has 1 atom stereocenters. The summed E-state index contributed by atoms with van der Waals surface area (Å²) >= 11 is 0. The van der Waals surface area contributed by atoms with Crippen molar-refractivity contribution in [2.24, 2.45) is 5.73 Å². The van der Waals surface area contributed by atoms with Crippen molar-refractivity contribution in [3.8, 4) is 0 Å². The van der Waals surface area contributed by atoms with Crippen LogP contribution in [0.2, 0.25) is 0 Å². The van der Waals surface area contributed by atoms with E-state index in [4.69, 9.17) is 15.2 Å². The molecule has 1 aliphatic carbocycles. The smallest absolute Gasteiger partial charge is 0.176 e. The lowest BCUT2D eigenvalue weighted by Crippen LogP contribution is -2.40. The van der Waals surface area contributed by atoms with Crippen LogP contribution in [0.4, 0.5) is 0 Å². The summed E-state index contributed by atoms with van der Waals surface area (Å²) in [6.45, 7) is 5.22. The monoisotopic (exact) mass is 213 g/mol. The summed E-state index contributed by atoms with van der Waals surface area (Å²) in [5.74, 6) is 0. The molecule has 0 spiro atoms. The maximum Gasteiger partial charge on any atom is 0.176 e. The molecule has 0 aliphatic heterocycles. The van der Waals surface area contributed by atoms with Crippen molar-refractivity contribution in [1.82, 2.24) is 0 Å². The number of hydrogen-bond acceptors (Lipinski definition) is 3. The van der Waals surface area contributed by atoms with E-state index < -0.39 is 0 Å². The molecular weight excluding hydrogens is 190 g/mol. The molecule has 0 aromatic carbocycles. The van der Waals surface area contributed by atoms with Crippen LogP contribution in [0, 0.1) is 0 Å². The minimum Gasteiger partial charge on any atom is -0.351 e. The van der Waals surface area contributed by atoms with E-state index in [9.17, 15) is 0 Å². The first-order valence-corrected chi connectivity index (χ1v) is 5.97. The van der Waals surface area contributed by atoms with Gasteiger partial charge in [-0.2, -0.15) is 0 Å². The van der Waals surface area contributed by atoms with Crippen LogP contribution in [0.3, 0.4) is 0 Å². The van der Waals surface area contributed by atoms with E-state index in [1.807, 2.05) is 13.8 Å². The molecule has 1 unspecified atom stereocenters. The van der Waals surface area contributed by atoms with Gasteiger partial charge >= 0.3 is 0 Å². The highest BCUT2D eigenvalue weighted by molar-refractivity contribution is 5.13. The van der Waals surface area contributed by atoms with E-state index in [0.717, 1.165) is 12.8 Å². The Morgan fingerprint density at radius 1 is 1.27 bits per heavy atom. The Labute approximate surface area is 92.6 Å². The molecule has 0 aromatic rings. The Morgan fingerprint density at radius 2 is 1.93 bits per heavy atom. The van der Waals surface area contributed by atoms with Gasteiger partial charge in [0.25, 0.3) is 0 Å². The normalized spacial score (nSPS) is 19.1. The fourth-order valence-electron chi connectivity index (χ4n) is 1.92. The molecule has 0 saturated carbocycles. The Hall–Kier alpha value is -0.380. The molecule has 0 bridgehead atoms. The van der Waals surface area contributed by atoms with Crippen LogP contribution >= 0.6 is 0 Å². The predicted octanol–water partition coefficient (Wildman–Crippen LogP) is 2.21. The van der Waals surface area contributed by atoms with Crippen LogP contribution in [0.15, 0.2) is 11.6 Å². The molecule has 3 nitrogen and oxygen atoms in total. The Balaban J connectivity index is 2.52. The summed E-state index contributed by atoms with van der Waals surface area (Å²) in [6.07, 6.45) is 6.74. The average Bonchev–Trinajstić information content (AvgIpc) is 2.29. The van der Waals surface area contributed by atoms with E-state index in [1.54, 1.807) is 0 Å². The number of rotatable bonds is 6. The minimum atomic E-state index is -0.274. The molecule has 0 fully saturated rings. The average molecular weight is 213 g/mol. The van der Waals surface area contributed by atoms with Crippen LogP contribution in [0.1, 0.15) is 39.5 Å². The van der Waals surface area contributed by atoms with Crippen molar-refractivity contribution in [3.05, 3.63) is 11.6 Å². The van der Waals surface area contributed by atoms with Crippen LogP contribution in [0.25, 0.3) is 0 Å². The van der Waals surface area contributed by atoms with Gasteiger partial charge in [0.2, 0.25) is 0 Å². The Morgan fingerprint density at radius 3 is 2.40 bits per heavy atom. The zero-order valence-corrected chi connectivity index (χ0v) is 9.87. The number of allylic oxidation sites excluding steroid dienone is 1. The van der Waals surface area contributed by atoms with Gasteiger partial charge in [-0.15, -0.1) is 0 Å². The van der Waals surface area contributed by atoms with Gasteiger partial charge in [0.05, 0.1) is 6.04 Å². The topological polar surface area (TPSA) is 44.5 Å². The van der Waals surface area contributed by atoms with E-state index >= 15 is 0 Å². The number of ether oxygens (including phenoxy) is 2. The summed E-state index contributed by atoms with van der Waals surface area (Å²) in [6, 6.07) is -0.0924. The summed E-state index contributed by atoms with van der Waals surface area (Å²) in [4.78, 5) is 0. The second kappa shape index (κ2) is 6.99. The van der Waals surface area contributed by atoms with Crippen LogP contribution < -0.4 is 5.73 Å². The molecule has 1 aliphatic rings. The third-order valence-corrected chi connectivity index (χ3v) is 2.71. The van der Waals surface area contributed by atoms with Gasteiger partial charge in [-0.25, -0.2) is 0 Å². The van der Waals surface area contributed by atoms with Gasteiger partial charge in [-0.1, -0.05) is 11.6 Å². The first-order chi connectivity index (χ1) is 7.29. The molecule has 0 amide bonds. The van der Waals surface area contributed by atoms with Gasteiger partial charge in [-0.3, -0.25) is 0 Å². The third-order valence-electron chi connectivity index (χ3n) is 2.71. The highest BCUT2D eigenvalue weighted by Crippen LogP contribution is 2.22. The van der Waals surface area contributed by atoms with Gasteiger partial charge < -0.3 is 15.2 Å². The lowest BCUT2D eigenvalue weighted by Gasteiger charge is -2.27. The second-order valence-corrected chi connectivity index (χ2v) is 3.83. The van der Waals surface area contributed by atoms with Crippen LogP contribution in [-0.2, 0) is 9.47 Å². The van der Waals surface area contributed by atoms with E-state index in [-0.39, 0.29) is 12.3 Å². The number of hydrogen-bond donors (Lipinski definition) is 1. The summed E-state index contributed by atoms with van der Waals surface area (Å²) in [5.41, 5.74) is 7.45. The fourth-order valence-corrected chi connectivity index (χ4v) is 1.92. The van der Waals surface area contributed by atoms with Gasteiger partial charge in [0, 0.05) is 13.2 Å². The lowest BCUT2D eigenvalue weighted by molar-refractivity contribution is -0.143. The summed E-state index contributed by atoms with van der Waals surface area (Å²) < 4.78 is 11.0. The zero-order chi connectivity index (χ0) is 11.1. The zero-order valence-electron chi connectivity index (χ0n) is 9.87. The number of nitrogens with two attached hydrogens (primary N) is 1. The van der Waals surface area contributed by atoms with Crippen molar-refractivity contribution in [2.75, 3.05) is 13.2 Å². The quantitative estimate of drug-likeness (QED) is 0.543. The molecule has 0 aromatic heterocycles. The highest BCUT2D eigenvalue weighted by atomic mass is 16.7. The largest absolute Gasteiger partial charge is 0.351 e. The predicted molar refractivity (Wildman–Crippen MR) is 61.6 cm³/mol. The Kier molecular flexibility index (Phi) is 5.91. The van der Waals surface area contributed by atoms with Crippen molar-refractivity contribution in [3.63, 3.8) is 0 Å². The maximum atomic E-state index is 6.15. The molecule has 3 heteroatoms. The van der Waals surface area contributed by atoms with Crippen molar-refractivity contribution in [1.29, 1.82) is 0 Å². The van der Waals surface area contributed by atoms with Crippen molar-refractivity contribution in [2.45, 2.75) is 51.9 Å². The van der Waals surface area contributed by atoms with E-state index in [1.165, 1.54) is 18.4 Å². The molecule has 88 valence electrons. The minimum absolute atomic E-state index is 0.0924. The first kappa shape index (κ1) is 12.7. The van der Waals surface area contributed by atoms with Gasteiger partial charge in [-0.05, 0) is 39.5 Å². The van der Waals surface area contributed by atoms with Gasteiger partial charge in [0.1, 0.15) is 0 Å². The summed E-state index contributed by atoms with van der Waals surface area (Å²) in [5, 5.41) is 0. The molecule has 2 N–H and O–H groups in total. The molecular formula is C12H23NO2. The maximum absolute atomic E-state index is 6.15. The molecule has 0 radical (unpaired) electrons. The first-order valence-electron chi connectivity index (χ1n) is 5.97. The van der Waals surface area contributed by atoms with Gasteiger partial charge in [0.15, 0.2) is 6.29 Å². The molecule has 0 saturated heterocycles. The molecule has 0 heterocycles. The second-order valence-electron chi connectivity index (χ2n) is 3.83. The van der Waals surface area contributed by atoms with E-state index in [2.05, 4.69) is 6.08 Å². The Bertz CT molecular complexity index is 198.